The fraction of sp³-hybridized carbons (Fsp3) is 1.00. The average Bonchev–Trinajstić information content (AvgIpc) is 2.02. The molecule has 0 bridgehead atoms. The number of hydrogen-bond acceptors (Lipinski definition) is 1. The van der Waals surface area contributed by atoms with Gasteiger partial charge in [0.25, 0.3) is 0 Å². The summed E-state index contributed by atoms with van der Waals surface area (Å²) >= 11 is 0. The zero-order valence-electron chi connectivity index (χ0n) is 9.31. The van der Waals surface area contributed by atoms with E-state index in [1.54, 1.807) is 0 Å². The maximum atomic E-state index is 3.65. The van der Waals surface area contributed by atoms with Crippen molar-refractivity contribution in [3.63, 3.8) is 0 Å². The zero-order chi connectivity index (χ0) is 9.52. The molecule has 0 saturated heterocycles. The molecule has 0 aromatic carbocycles. The minimum absolute atomic E-state index is 0.869. The van der Waals surface area contributed by atoms with Crippen molar-refractivity contribution in [3.05, 3.63) is 0 Å². The Morgan fingerprint density at radius 1 is 1.31 bits per heavy atom. The first kappa shape index (κ1) is 11.0. The van der Waals surface area contributed by atoms with Crippen LogP contribution in [0.25, 0.3) is 0 Å². The molecule has 0 aliphatic heterocycles. The van der Waals surface area contributed by atoms with Crippen molar-refractivity contribution >= 4 is 0 Å². The van der Waals surface area contributed by atoms with E-state index < -0.39 is 0 Å². The molecule has 0 spiro atoms. The average molecular weight is 183 g/mol. The van der Waals surface area contributed by atoms with E-state index in [-0.39, 0.29) is 0 Å². The van der Waals surface area contributed by atoms with E-state index in [4.69, 9.17) is 0 Å². The molecule has 1 aliphatic rings. The highest BCUT2D eigenvalue weighted by atomic mass is 14.9. The molecule has 0 aromatic heterocycles. The summed E-state index contributed by atoms with van der Waals surface area (Å²) in [6.07, 6.45) is 9.87. The summed E-state index contributed by atoms with van der Waals surface area (Å²) in [6, 6.07) is 0.869. The Morgan fingerprint density at radius 2 is 2.08 bits per heavy atom. The first-order chi connectivity index (χ1) is 6.33. The second-order valence-electron chi connectivity index (χ2n) is 4.64. The molecule has 1 rings (SSSR count). The smallest absolute Gasteiger partial charge is 0.00671 e. The molecule has 13 heavy (non-hydrogen) atoms. The molecule has 1 atom stereocenters. The highest BCUT2D eigenvalue weighted by Gasteiger charge is 2.16. The number of unbranched alkanes of at least 4 members (excludes halogenated alkanes) is 2. The van der Waals surface area contributed by atoms with Crippen LogP contribution in [0, 0.1) is 5.92 Å². The highest BCUT2D eigenvalue weighted by Crippen LogP contribution is 2.18. The lowest BCUT2D eigenvalue weighted by molar-refractivity contribution is 0.314. The number of nitrogens with one attached hydrogen (secondary N) is 1. The molecule has 0 amide bonds. The van der Waals surface area contributed by atoms with Gasteiger partial charge in [-0.25, -0.2) is 0 Å². The van der Waals surface area contributed by atoms with Crippen LogP contribution >= 0.6 is 0 Å². The third-order valence-electron chi connectivity index (χ3n) is 3.16. The summed E-state index contributed by atoms with van der Waals surface area (Å²) in [4.78, 5) is 0. The van der Waals surface area contributed by atoms with Crippen LogP contribution in [0.2, 0.25) is 0 Å². The third-order valence-corrected chi connectivity index (χ3v) is 3.16. The predicted octanol–water partition coefficient (Wildman–Crippen LogP) is 3.34. The van der Waals surface area contributed by atoms with E-state index >= 15 is 0 Å². The molecule has 1 fully saturated rings. The van der Waals surface area contributed by atoms with E-state index in [1.807, 2.05) is 0 Å². The van der Waals surface area contributed by atoms with Crippen molar-refractivity contribution in [2.45, 2.75) is 64.8 Å². The molecular weight excluding hydrogens is 158 g/mol. The normalized spacial score (nSPS) is 19.8. The Bertz CT molecular complexity index is 118. The van der Waals surface area contributed by atoms with Gasteiger partial charge in [0.1, 0.15) is 0 Å². The lowest BCUT2D eigenvalue weighted by Crippen LogP contribution is -2.37. The standard InChI is InChI=1S/C12H25N/c1-3-4-5-7-11(2)10-13-12-8-6-9-12/h11-13H,3-10H2,1-2H3. The van der Waals surface area contributed by atoms with Crippen LogP contribution in [0.1, 0.15) is 58.8 Å². The largest absolute Gasteiger partial charge is 0.314 e. The monoisotopic (exact) mass is 183 g/mol. The zero-order valence-corrected chi connectivity index (χ0v) is 9.31. The van der Waals surface area contributed by atoms with E-state index in [2.05, 4.69) is 19.2 Å². The maximum absolute atomic E-state index is 3.65. The molecular formula is C12H25N. The molecule has 1 saturated carbocycles. The van der Waals surface area contributed by atoms with Gasteiger partial charge in [-0.3, -0.25) is 0 Å². The topological polar surface area (TPSA) is 12.0 Å². The first-order valence-corrected chi connectivity index (χ1v) is 6.06. The Kier molecular flexibility index (Phi) is 5.45. The summed E-state index contributed by atoms with van der Waals surface area (Å²) in [5.41, 5.74) is 0. The van der Waals surface area contributed by atoms with Crippen LogP contribution in [0.5, 0.6) is 0 Å². The molecule has 1 unspecified atom stereocenters. The fourth-order valence-corrected chi connectivity index (χ4v) is 1.83. The maximum Gasteiger partial charge on any atom is 0.00671 e. The summed E-state index contributed by atoms with van der Waals surface area (Å²) < 4.78 is 0. The van der Waals surface area contributed by atoms with Crippen LogP contribution in [0.3, 0.4) is 0 Å². The Hall–Kier alpha value is -0.0400. The summed E-state index contributed by atoms with van der Waals surface area (Å²) in [5.74, 6) is 0.882. The van der Waals surface area contributed by atoms with Crippen molar-refractivity contribution in [1.29, 1.82) is 0 Å². The predicted molar refractivity (Wildman–Crippen MR) is 58.9 cm³/mol. The molecule has 0 heterocycles. The minimum atomic E-state index is 0.869. The second kappa shape index (κ2) is 6.42. The Balaban J connectivity index is 1.87. The summed E-state index contributed by atoms with van der Waals surface area (Å²) in [7, 11) is 0. The Labute approximate surface area is 83.3 Å². The molecule has 1 heteroatoms. The SMILES string of the molecule is CCCCCC(C)CNC1CCC1. The van der Waals surface area contributed by atoms with E-state index in [1.165, 1.54) is 51.5 Å². The van der Waals surface area contributed by atoms with Gasteiger partial charge in [0.15, 0.2) is 0 Å². The summed E-state index contributed by atoms with van der Waals surface area (Å²) in [6.45, 7) is 5.90. The molecule has 1 nitrogen and oxygen atoms in total. The van der Waals surface area contributed by atoms with Gasteiger partial charge >= 0.3 is 0 Å². The molecule has 1 N–H and O–H groups in total. The number of rotatable bonds is 7. The molecule has 0 aromatic rings. The Morgan fingerprint density at radius 3 is 2.62 bits per heavy atom. The van der Waals surface area contributed by atoms with Crippen molar-refractivity contribution in [3.8, 4) is 0 Å². The van der Waals surface area contributed by atoms with Gasteiger partial charge in [0.2, 0.25) is 0 Å². The van der Waals surface area contributed by atoms with Crippen molar-refractivity contribution < 1.29 is 0 Å². The van der Waals surface area contributed by atoms with Crippen molar-refractivity contribution in [2.75, 3.05) is 6.54 Å². The third kappa shape index (κ3) is 4.66. The van der Waals surface area contributed by atoms with Gasteiger partial charge in [0.05, 0.1) is 0 Å². The van der Waals surface area contributed by atoms with Gasteiger partial charge < -0.3 is 5.32 Å². The van der Waals surface area contributed by atoms with Crippen LogP contribution < -0.4 is 5.32 Å². The fourth-order valence-electron chi connectivity index (χ4n) is 1.83. The van der Waals surface area contributed by atoms with Gasteiger partial charge in [-0.15, -0.1) is 0 Å². The molecule has 1 aliphatic carbocycles. The van der Waals surface area contributed by atoms with Crippen LogP contribution in [0.15, 0.2) is 0 Å². The van der Waals surface area contributed by atoms with Gasteiger partial charge in [-0.1, -0.05) is 39.5 Å². The molecule has 0 radical (unpaired) electrons. The molecule has 78 valence electrons. The van der Waals surface area contributed by atoms with E-state index in [9.17, 15) is 0 Å². The quantitative estimate of drug-likeness (QED) is 0.597. The van der Waals surface area contributed by atoms with Crippen LogP contribution in [0.4, 0.5) is 0 Å². The van der Waals surface area contributed by atoms with E-state index in [0.717, 1.165) is 12.0 Å². The summed E-state index contributed by atoms with van der Waals surface area (Å²) in [5, 5.41) is 3.65. The van der Waals surface area contributed by atoms with E-state index in [0.29, 0.717) is 0 Å². The second-order valence-corrected chi connectivity index (χ2v) is 4.64. The first-order valence-electron chi connectivity index (χ1n) is 6.06. The van der Waals surface area contributed by atoms with Crippen LogP contribution in [-0.2, 0) is 0 Å². The highest BCUT2D eigenvalue weighted by molar-refractivity contribution is 4.76. The van der Waals surface area contributed by atoms with Crippen molar-refractivity contribution in [2.24, 2.45) is 5.92 Å². The van der Waals surface area contributed by atoms with Gasteiger partial charge in [-0.2, -0.15) is 0 Å². The van der Waals surface area contributed by atoms with Gasteiger partial charge in [0, 0.05) is 6.04 Å². The lowest BCUT2D eigenvalue weighted by Gasteiger charge is -2.28. The van der Waals surface area contributed by atoms with Crippen molar-refractivity contribution in [1.82, 2.24) is 5.32 Å². The van der Waals surface area contributed by atoms with Crippen LogP contribution in [-0.4, -0.2) is 12.6 Å². The lowest BCUT2D eigenvalue weighted by atomic mass is 9.92. The number of hydrogen-bond donors (Lipinski definition) is 1. The van der Waals surface area contributed by atoms with Gasteiger partial charge in [-0.05, 0) is 31.7 Å². The minimum Gasteiger partial charge on any atom is -0.314 e.